The second kappa shape index (κ2) is 6.13. The summed E-state index contributed by atoms with van der Waals surface area (Å²) in [5.41, 5.74) is 6.65. The molecule has 0 aromatic heterocycles. The summed E-state index contributed by atoms with van der Waals surface area (Å²) >= 11 is 0. The minimum atomic E-state index is -3.55. The maximum atomic E-state index is 12.1. The Balaban J connectivity index is 2.11. The number of guanidine groups is 1. The Morgan fingerprint density at radius 2 is 2.05 bits per heavy atom. The molecule has 1 aliphatic heterocycles. The summed E-state index contributed by atoms with van der Waals surface area (Å²) in [6.45, 7) is 2.74. The van der Waals surface area contributed by atoms with Crippen molar-refractivity contribution in [1.82, 2.24) is 4.72 Å². The van der Waals surface area contributed by atoms with Crippen molar-refractivity contribution in [3.05, 3.63) is 18.2 Å². The number of unbranched alkanes of at least 4 members (excludes halogenated alkanes) is 3. The highest BCUT2D eigenvalue weighted by Crippen LogP contribution is 2.26. The summed E-state index contributed by atoms with van der Waals surface area (Å²) in [5.74, 6) is 0.264. The van der Waals surface area contributed by atoms with E-state index in [0.717, 1.165) is 19.3 Å². The van der Waals surface area contributed by atoms with E-state index in [0.29, 0.717) is 17.9 Å². The summed E-state index contributed by atoms with van der Waals surface area (Å²) < 4.78 is 26.5. The Hall–Kier alpha value is -1.76. The van der Waals surface area contributed by atoms with E-state index in [1.807, 2.05) is 0 Å². The van der Waals surface area contributed by atoms with Gasteiger partial charge in [-0.05, 0) is 24.6 Å². The highest BCUT2D eigenvalue weighted by Gasteiger charge is 2.26. The van der Waals surface area contributed by atoms with E-state index in [1.54, 1.807) is 12.1 Å². The number of aliphatic imine (C=N–C) groups is 1. The van der Waals surface area contributed by atoms with Crippen molar-refractivity contribution in [3.63, 3.8) is 0 Å². The highest BCUT2D eigenvalue weighted by atomic mass is 32.2. The van der Waals surface area contributed by atoms with E-state index < -0.39 is 10.0 Å². The molecular weight excluding hydrogens is 276 g/mol. The smallest absolute Gasteiger partial charge is 0.266 e. The SMILES string of the molecule is CCCCCCN=C1Nc2cc(N)ccc2S(=O)(=O)N1. The minimum Gasteiger partial charge on any atom is -0.399 e. The van der Waals surface area contributed by atoms with Gasteiger partial charge in [0.2, 0.25) is 5.96 Å². The van der Waals surface area contributed by atoms with E-state index in [1.165, 1.54) is 12.5 Å². The standard InChI is InChI=1S/C13H20N4O2S/c1-2-3-4-5-8-15-13-16-11-9-10(14)6-7-12(11)20(18,19)17-13/h6-7,9H,2-5,8,14H2,1H3,(H2,15,16,17). The van der Waals surface area contributed by atoms with E-state index >= 15 is 0 Å². The van der Waals surface area contributed by atoms with Gasteiger partial charge in [0, 0.05) is 12.2 Å². The molecule has 0 amide bonds. The number of sulfonamides is 1. The Kier molecular flexibility index (Phi) is 4.49. The molecule has 0 unspecified atom stereocenters. The summed E-state index contributed by atoms with van der Waals surface area (Å²) in [7, 11) is -3.55. The van der Waals surface area contributed by atoms with E-state index in [4.69, 9.17) is 5.73 Å². The first kappa shape index (κ1) is 14.6. The minimum absolute atomic E-state index is 0.191. The number of benzene rings is 1. The average Bonchev–Trinajstić information content (AvgIpc) is 2.37. The van der Waals surface area contributed by atoms with Crippen LogP contribution in [0.1, 0.15) is 32.6 Å². The van der Waals surface area contributed by atoms with Crippen LogP contribution in [0.2, 0.25) is 0 Å². The summed E-state index contributed by atoms with van der Waals surface area (Å²) in [5, 5.41) is 2.96. The fraction of sp³-hybridized carbons (Fsp3) is 0.462. The largest absolute Gasteiger partial charge is 0.399 e. The van der Waals surface area contributed by atoms with Gasteiger partial charge in [0.1, 0.15) is 4.90 Å². The van der Waals surface area contributed by atoms with Crippen molar-refractivity contribution in [2.45, 2.75) is 37.5 Å². The summed E-state index contributed by atoms with van der Waals surface area (Å²) in [6, 6.07) is 4.64. The Labute approximate surface area is 119 Å². The number of hydrogen-bond acceptors (Lipinski definition) is 4. The fourth-order valence-electron chi connectivity index (χ4n) is 2.02. The lowest BCUT2D eigenvalue weighted by molar-refractivity contribution is 0.591. The quantitative estimate of drug-likeness (QED) is 0.571. The topological polar surface area (TPSA) is 96.6 Å². The van der Waals surface area contributed by atoms with Crippen LogP contribution in [0.3, 0.4) is 0 Å². The number of anilines is 2. The molecule has 2 rings (SSSR count). The number of rotatable bonds is 5. The number of fused-ring (bicyclic) bond motifs is 1. The molecule has 0 aliphatic carbocycles. The highest BCUT2D eigenvalue weighted by molar-refractivity contribution is 7.90. The zero-order valence-electron chi connectivity index (χ0n) is 11.5. The first-order valence-corrected chi connectivity index (χ1v) is 8.25. The van der Waals surface area contributed by atoms with Gasteiger partial charge in [0.25, 0.3) is 10.0 Å². The van der Waals surface area contributed by atoms with Gasteiger partial charge in [-0.25, -0.2) is 13.1 Å². The monoisotopic (exact) mass is 296 g/mol. The van der Waals surface area contributed by atoms with Crippen molar-refractivity contribution in [2.24, 2.45) is 4.99 Å². The summed E-state index contributed by atoms with van der Waals surface area (Å²) in [4.78, 5) is 4.44. The molecule has 6 nitrogen and oxygen atoms in total. The maximum absolute atomic E-state index is 12.1. The average molecular weight is 296 g/mol. The molecule has 20 heavy (non-hydrogen) atoms. The van der Waals surface area contributed by atoms with Gasteiger partial charge in [-0.15, -0.1) is 0 Å². The van der Waals surface area contributed by atoms with E-state index in [-0.39, 0.29) is 10.9 Å². The normalized spacial score (nSPS) is 18.1. The predicted molar refractivity (Wildman–Crippen MR) is 81.2 cm³/mol. The third-order valence-corrected chi connectivity index (χ3v) is 4.46. The number of nitrogens with one attached hydrogen (secondary N) is 2. The fourth-order valence-corrected chi connectivity index (χ4v) is 3.14. The molecule has 0 fully saturated rings. The molecule has 1 aromatic carbocycles. The van der Waals surface area contributed by atoms with Gasteiger partial charge in [0.15, 0.2) is 0 Å². The molecule has 0 atom stereocenters. The molecule has 1 aliphatic rings. The zero-order valence-corrected chi connectivity index (χ0v) is 12.3. The number of nitrogens with two attached hydrogens (primary N) is 1. The lowest BCUT2D eigenvalue weighted by Crippen LogP contribution is -2.40. The Bertz CT molecular complexity index is 611. The van der Waals surface area contributed by atoms with Crippen LogP contribution in [0.5, 0.6) is 0 Å². The number of nitrogens with zero attached hydrogens (tertiary/aromatic N) is 1. The van der Waals surface area contributed by atoms with Crippen LogP contribution in [0.25, 0.3) is 0 Å². The van der Waals surface area contributed by atoms with Crippen molar-refractivity contribution in [2.75, 3.05) is 17.6 Å². The van der Waals surface area contributed by atoms with Crippen LogP contribution in [0.4, 0.5) is 11.4 Å². The molecule has 4 N–H and O–H groups in total. The molecule has 0 radical (unpaired) electrons. The Morgan fingerprint density at radius 1 is 1.25 bits per heavy atom. The van der Waals surface area contributed by atoms with Crippen LogP contribution < -0.4 is 15.8 Å². The first-order valence-electron chi connectivity index (χ1n) is 6.77. The summed E-state index contributed by atoms with van der Waals surface area (Å²) in [6.07, 6.45) is 4.38. The number of hydrogen-bond donors (Lipinski definition) is 3. The lowest BCUT2D eigenvalue weighted by atomic mass is 10.2. The van der Waals surface area contributed by atoms with Crippen LogP contribution in [0.15, 0.2) is 28.1 Å². The van der Waals surface area contributed by atoms with Crippen molar-refractivity contribution >= 4 is 27.4 Å². The molecule has 110 valence electrons. The zero-order chi connectivity index (χ0) is 14.6. The molecule has 7 heteroatoms. The van der Waals surface area contributed by atoms with Gasteiger partial charge >= 0.3 is 0 Å². The third kappa shape index (κ3) is 3.41. The molecule has 0 bridgehead atoms. The molecular formula is C13H20N4O2S. The first-order chi connectivity index (χ1) is 9.53. The molecule has 0 spiro atoms. The Morgan fingerprint density at radius 3 is 2.80 bits per heavy atom. The van der Waals surface area contributed by atoms with Gasteiger partial charge in [0.05, 0.1) is 5.69 Å². The van der Waals surface area contributed by atoms with Crippen molar-refractivity contribution in [3.8, 4) is 0 Å². The van der Waals surface area contributed by atoms with Gasteiger partial charge in [-0.2, -0.15) is 0 Å². The molecule has 0 saturated carbocycles. The van der Waals surface area contributed by atoms with Crippen LogP contribution in [0, 0.1) is 0 Å². The predicted octanol–water partition coefficient (Wildman–Crippen LogP) is 1.91. The molecule has 1 aromatic rings. The van der Waals surface area contributed by atoms with Crippen LogP contribution in [-0.4, -0.2) is 20.9 Å². The van der Waals surface area contributed by atoms with Crippen LogP contribution in [-0.2, 0) is 10.0 Å². The van der Waals surface area contributed by atoms with Gasteiger partial charge < -0.3 is 11.1 Å². The lowest BCUT2D eigenvalue weighted by Gasteiger charge is -2.21. The maximum Gasteiger partial charge on any atom is 0.266 e. The van der Waals surface area contributed by atoms with Crippen molar-refractivity contribution in [1.29, 1.82) is 0 Å². The van der Waals surface area contributed by atoms with Gasteiger partial charge in [-0.1, -0.05) is 26.2 Å². The van der Waals surface area contributed by atoms with E-state index in [9.17, 15) is 8.42 Å². The second-order valence-corrected chi connectivity index (χ2v) is 6.43. The third-order valence-electron chi connectivity index (χ3n) is 3.06. The number of nitrogen functional groups attached to an aromatic ring is 1. The molecule has 0 saturated heterocycles. The van der Waals surface area contributed by atoms with Crippen LogP contribution >= 0.6 is 0 Å². The second-order valence-electron chi connectivity index (χ2n) is 4.78. The van der Waals surface area contributed by atoms with Gasteiger partial charge in [-0.3, -0.25) is 4.99 Å². The van der Waals surface area contributed by atoms with E-state index in [2.05, 4.69) is 22.0 Å². The van der Waals surface area contributed by atoms with Crippen molar-refractivity contribution < 1.29 is 8.42 Å². The molecule has 1 heterocycles.